The summed E-state index contributed by atoms with van der Waals surface area (Å²) in [6.07, 6.45) is 0.698. The van der Waals surface area contributed by atoms with E-state index in [2.05, 4.69) is 4.74 Å². The van der Waals surface area contributed by atoms with Gasteiger partial charge < -0.3 is 9.64 Å². The maximum atomic E-state index is 11.8. The standard InChI is InChI=1S/C10H11F2NO2/c1-13(7-14)6-8-2-4-9(5-3-8)15-10(11)12/h2-5,7,10H,6H2,1H3. The molecular formula is C10H11F2NO2. The number of carbonyl (C=O) groups excluding carboxylic acids is 1. The average molecular weight is 215 g/mol. The molecule has 82 valence electrons. The maximum absolute atomic E-state index is 11.8. The smallest absolute Gasteiger partial charge is 0.387 e. The van der Waals surface area contributed by atoms with Gasteiger partial charge in [0.15, 0.2) is 0 Å². The molecule has 0 heterocycles. The second-order valence-electron chi connectivity index (χ2n) is 3.04. The topological polar surface area (TPSA) is 29.5 Å². The minimum Gasteiger partial charge on any atom is -0.435 e. The SMILES string of the molecule is CN(C=O)Cc1ccc(OC(F)F)cc1. The Balaban J connectivity index is 2.59. The van der Waals surface area contributed by atoms with Gasteiger partial charge in [-0.25, -0.2) is 0 Å². The van der Waals surface area contributed by atoms with Crippen LogP contribution in [0, 0.1) is 0 Å². The van der Waals surface area contributed by atoms with E-state index in [0.717, 1.165) is 5.56 Å². The zero-order valence-electron chi connectivity index (χ0n) is 8.19. The first kappa shape index (κ1) is 11.4. The second-order valence-corrected chi connectivity index (χ2v) is 3.04. The molecule has 0 fully saturated rings. The Morgan fingerprint density at radius 1 is 1.40 bits per heavy atom. The first-order valence-electron chi connectivity index (χ1n) is 4.31. The lowest BCUT2D eigenvalue weighted by Crippen LogP contribution is -2.14. The molecule has 0 bridgehead atoms. The Kier molecular flexibility index (Phi) is 4.03. The molecule has 0 aliphatic rings. The molecule has 0 saturated carbocycles. The third-order valence-electron chi connectivity index (χ3n) is 1.76. The van der Waals surface area contributed by atoms with Gasteiger partial charge in [0.2, 0.25) is 6.41 Å². The van der Waals surface area contributed by atoms with Crippen molar-refractivity contribution < 1.29 is 18.3 Å². The summed E-state index contributed by atoms with van der Waals surface area (Å²) in [5.41, 5.74) is 0.853. The van der Waals surface area contributed by atoms with E-state index in [9.17, 15) is 13.6 Å². The minimum absolute atomic E-state index is 0.113. The van der Waals surface area contributed by atoms with Crippen LogP contribution in [0.5, 0.6) is 5.75 Å². The summed E-state index contributed by atoms with van der Waals surface area (Å²) in [7, 11) is 1.64. The molecule has 0 aliphatic carbocycles. The normalized spacial score (nSPS) is 10.1. The Morgan fingerprint density at radius 3 is 2.47 bits per heavy atom. The van der Waals surface area contributed by atoms with Gasteiger partial charge >= 0.3 is 6.61 Å². The number of nitrogens with zero attached hydrogens (tertiary/aromatic N) is 1. The van der Waals surface area contributed by atoms with E-state index in [0.29, 0.717) is 13.0 Å². The van der Waals surface area contributed by atoms with Crippen molar-refractivity contribution in [2.24, 2.45) is 0 Å². The molecule has 1 rings (SSSR count). The highest BCUT2D eigenvalue weighted by atomic mass is 19.3. The number of benzene rings is 1. The molecule has 1 aromatic carbocycles. The van der Waals surface area contributed by atoms with Gasteiger partial charge in [-0.2, -0.15) is 8.78 Å². The third-order valence-corrected chi connectivity index (χ3v) is 1.76. The molecular weight excluding hydrogens is 204 g/mol. The number of amides is 1. The maximum Gasteiger partial charge on any atom is 0.387 e. The largest absolute Gasteiger partial charge is 0.435 e. The van der Waals surface area contributed by atoms with Crippen LogP contribution in [0.25, 0.3) is 0 Å². The van der Waals surface area contributed by atoms with Crippen LogP contribution in [0.1, 0.15) is 5.56 Å². The first-order valence-corrected chi connectivity index (χ1v) is 4.31. The molecule has 0 saturated heterocycles. The zero-order chi connectivity index (χ0) is 11.3. The quantitative estimate of drug-likeness (QED) is 0.702. The van der Waals surface area contributed by atoms with Crippen molar-refractivity contribution in [3.63, 3.8) is 0 Å². The molecule has 5 heteroatoms. The summed E-state index contributed by atoms with van der Waals surface area (Å²) >= 11 is 0. The predicted octanol–water partition coefficient (Wildman–Crippen LogP) is 1.88. The Bertz CT molecular complexity index is 314. The molecule has 0 atom stereocenters. The van der Waals surface area contributed by atoms with Crippen LogP contribution in [0.2, 0.25) is 0 Å². The number of hydrogen-bond donors (Lipinski definition) is 0. The van der Waals surface area contributed by atoms with Gasteiger partial charge in [-0.05, 0) is 17.7 Å². The van der Waals surface area contributed by atoms with Gasteiger partial charge in [0.25, 0.3) is 0 Å². The average Bonchev–Trinajstić information content (AvgIpc) is 2.20. The molecule has 15 heavy (non-hydrogen) atoms. The summed E-state index contributed by atoms with van der Waals surface area (Å²) in [5, 5.41) is 0. The van der Waals surface area contributed by atoms with Gasteiger partial charge in [-0.15, -0.1) is 0 Å². The molecule has 0 spiro atoms. The van der Waals surface area contributed by atoms with Crippen molar-refractivity contribution >= 4 is 6.41 Å². The van der Waals surface area contributed by atoms with Crippen molar-refractivity contribution in [3.05, 3.63) is 29.8 Å². The van der Waals surface area contributed by atoms with Gasteiger partial charge in [-0.3, -0.25) is 4.79 Å². The lowest BCUT2D eigenvalue weighted by Gasteiger charge is -2.10. The van der Waals surface area contributed by atoms with E-state index < -0.39 is 6.61 Å². The third kappa shape index (κ3) is 3.93. The fourth-order valence-electron chi connectivity index (χ4n) is 1.10. The molecule has 0 radical (unpaired) electrons. The lowest BCUT2D eigenvalue weighted by atomic mass is 10.2. The Morgan fingerprint density at radius 2 is 2.00 bits per heavy atom. The van der Waals surface area contributed by atoms with Crippen LogP contribution in [0.15, 0.2) is 24.3 Å². The van der Waals surface area contributed by atoms with Crippen molar-refractivity contribution in [3.8, 4) is 5.75 Å². The molecule has 1 aromatic rings. The number of alkyl halides is 2. The number of rotatable bonds is 5. The molecule has 0 N–H and O–H groups in total. The summed E-state index contributed by atoms with van der Waals surface area (Å²) in [4.78, 5) is 11.8. The number of hydrogen-bond acceptors (Lipinski definition) is 2. The van der Waals surface area contributed by atoms with E-state index in [1.807, 2.05) is 0 Å². The second kappa shape index (κ2) is 5.29. The van der Waals surface area contributed by atoms with Crippen molar-refractivity contribution in [2.45, 2.75) is 13.2 Å². The van der Waals surface area contributed by atoms with Gasteiger partial charge in [-0.1, -0.05) is 12.1 Å². The van der Waals surface area contributed by atoms with Crippen LogP contribution in [-0.2, 0) is 11.3 Å². The lowest BCUT2D eigenvalue weighted by molar-refractivity contribution is -0.117. The van der Waals surface area contributed by atoms with Crippen LogP contribution < -0.4 is 4.74 Å². The number of ether oxygens (including phenoxy) is 1. The van der Waals surface area contributed by atoms with Gasteiger partial charge in [0.05, 0.1) is 0 Å². The molecule has 0 aromatic heterocycles. The summed E-state index contributed by atoms with van der Waals surface area (Å²) < 4.78 is 27.8. The highest BCUT2D eigenvalue weighted by molar-refractivity contribution is 5.46. The van der Waals surface area contributed by atoms with E-state index >= 15 is 0 Å². The van der Waals surface area contributed by atoms with E-state index in [-0.39, 0.29) is 5.75 Å². The summed E-state index contributed by atoms with van der Waals surface area (Å²) in [6, 6.07) is 6.16. The molecule has 0 unspecified atom stereocenters. The van der Waals surface area contributed by atoms with Crippen molar-refractivity contribution in [2.75, 3.05) is 7.05 Å². The van der Waals surface area contributed by atoms with Crippen LogP contribution in [-0.4, -0.2) is 25.0 Å². The van der Waals surface area contributed by atoms with E-state index in [1.54, 1.807) is 19.2 Å². The molecule has 0 aliphatic heterocycles. The monoisotopic (exact) mass is 215 g/mol. The highest BCUT2D eigenvalue weighted by Gasteiger charge is 2.04. The van der Waals surface area contributed by atoms with Crippen LogP contribution >= 0.6 is 0 Å². The minimum atomic E-state index is -2.81. The number of halogens is 2. The predicted molar refractivity (Wildman–Crippen MR) is 50.6 cm³/mol. The Hall–Kier alpha value is -1.65. The molecule has 1 amide bonds. The van der Waals surface area contributed by atoms with E-state index in [4.69, 9.17) is 0 Å². The van der Waals surface area contributed by atoms with Gasteiger partial charge in [0.1, 0.15) is 5.75 Å². The zero-order valence-corrected chi connectivity index (χ0v) is 8.19. The van der Waals surface area contributed by atoms with Gasteiger partial charge in [0, 0.05) is 13.6 Å². The fraction of sp³-hybridized carbons (Fsp3) is 0.300. The van der Waals surface area contributed by atoms with Crippen LogP contribution in [0.4, 0.5) is 8.78 Å². The summed E-state index contributed by atoms with van der Waals surface area (Å²) in [6.45, 7) is -2.37. The van der Waals surface area contributed by atoms with Crippen molar-refractivity contribution in [1.82, 2.24) is 4.90 Å². The van der Waals surface area contributed by atoms with E-state index in [1.165, 1.54) is 17.0 Å². The first-order chi connectivity index (χ1) is 7.11. The highest BCUT2D eigenvalue weighted by Crippen LogP contribution is 2.15. The van der Waals surface area contributed by atoms with Crippen molar-refractivity contribution in [1.29, 1.82) is 0 Å². The fourth-order valence-corrected chi connectivity index (χ4v) is 1.10. The summed E-state index contributed by atoms with van der Waals surface area (Å²) in [5.74, 6) is 0.113. The number of carbonyl (C=O) groups is 1. The Labute approximate surface area is 86.3 Å². The molecule has 3 nitrogen and oxygen atoms in total. The van der Waals surface area contributed by atoms with Crippen LogP contribution in [0.3, 0.4) is 0 Å².